The lowest BCUT2D eigenvalue weighted by Crippen LogP contribution is -2.58. The van der Waals surface area contributed by atoms with Crippen molar-refractivity contribution < 1.29 is 58.1 Å². The molecule has 27 unspecified atom stereocenters. The van der Waals surface area contributed by atoms with Crippen LogP contribution < -0.4 is 14.2 Å². The Bertz CT molecular complexity index is 4670. The highest BCUT2D eigenvalue weighted by Gasteiger charge is 2.82. The molecular formula is C120H178O12. The highest BCUT2D eigenvalue weighted by Crippen LogP contribution is 2.89. The second-order valence-electron chi connectivity index (χ2n) is 48.8. The van der Waals surface area contributed by atoms with E-state index in [4.69, 9.17) is 28.4 Å². The number of methoxy groups -OCH3 is 3. The van der Waals surface area contributed by atoms with Gasteiger partial charge >= 0.3 is 17.9 Å². The van der Waals surface area contributed by atoms with Crippen LogP contribution in [0.15, 0.2) is 108 Å². The first-order valence-corrected chi connectivity index (χ1v) is 53.4. The summed E-state index contributed by atoms with van der Waals surface area (Å²) in [7, 11) is 4.77. The molecule has 13 aliphatic carbocycles. The number of aliphatic hydroxyl groups excluding tert-OH is 3. The first kappa shape index (κ1) is 102. The summed E-state index contributed by atoms with van der Waals surface area (Å²) >= 11 is 0. The van der Waals surface area contributed by atoms with Crippen LogP contribution in [0.25, 0.3) is 18.2 Å². The zero-order chi connectivity index (χ0) is 95.0. The SMILES string of the molecule is CCC(/C=C/C(C)C1CCC2C3CC=C4CC(OC(=O)/C=C/c5ccc(OC)c(CO)c5)CCC4(C)C3CCC12C)C(C)C.COc1ccc(/C=C/C(=O)OC2CCC3(C)C(=CCC4C3CCC3(C)C(C(C)CCC(C)C(C)C)CCC43)C2)cc1CO.COc1ccc(/C=C/C(=O)OC2CCC34CC35CCC3(C)C(C(C)CCCC(C)C)CCC3(C)C5CCC4C2(C)C)cc1CO. The van der Waals surface area contributed by atoms with E-state index >= 15 is 0 Å². The van der Waals surface area contributed by atoms with Gasteiger partial charge in [0.25, 0.3) is 0 Å². The van der Waals surface area contributed by atoms with Crippen molar-refractivity contribution >= 4 is 36.1 Å². The van der Waals surface area contributed by atoms with E-state index in [2.05, 4.69) is 156 Å². The number of benzene rings is 3. The van der Waals surface area contributed by atoms with E-state index in [0.29, 0.717) is 90.1 Å². The van der Waals surface area contributed by atoms with E-state index in [0.717, 1.165) is 150 Å². The minimum absolute atomic E-state index is 0.0226. The van der Waals surface area contributed by atoms with E-state index in [1.807, 2.05) is 54.6 Å². The van der Waals surface area contributed by atoms with Gasteiger partial charge < -0.3 is 43.7 Å². The van der Waals surface area contributed by atoms with Crippen LogP contribution in [0, 0.1) is 161 Å². The molecule has 0 amide bonds. The minimum atomic E-state index is -0.290. The summed E-state index contributed by atoms with van der Waals surface area (Å²) in [5, 5.41) is 28.9. The Morgan fingerprint density at radius 2 is 0.909 bits per heavy atom. The average molecular weight is 1810 g/mol. The van der Waals surface area contributed by atoms with Crippen molar-refractivity contribution in [1.82, 2.24) is 0 Å². The van der Waals surface area contributed by atoms with Gasteiger partial charge in [0.1, 0.15) is 35.6 Å². The Kier molecular flexibility index (Phi) is 31.9. The Balaban J connectivity index is 0.000000159. The van der Waals surface area contributed by atoms with Gasteiger partial charge in [-0.1, -0.05) is 217 Å². The maximum Gasteiger partial charge on any atom is 0.331 e. The summed E-state index contributed by atoms with van der Waals surface area (Å²) < 4.78 is 34.1. The van der Waals surface area contributed by atoms with Crippen LogP contribution >= 0.6 is 0 Å². The zero-order valence-corrected chi connectivity index (χ0v) is 86.2. The van der Waals surface area contributed by atoms with Crippen molar-refractivity contribution in [2.75, 3.05) is 21.3 Å². The van der Waals surface area contributed by atoms with Gasteiger partial charge in [0, 0.05) is 53.2 Å². The number of hydrogen-bond donors (Lipinski definition) is 3. The molecule has 13 aliphatic rings. The fraction of sp³-hybridized carbons (Fsp3) is 0.725. The summed E-state index contributed by atoms with van der Waals surface area (Å²) in [6.45, 7) is 47.0. The predicted octanol–water partition coefficient (Wildman–Crippen LogP) is 29.0. The summed E-state index contributed by atoms with van der Waals surface area (Å²) in [4.78, 5) is 38.7. The van der Waals surface area contributed by atoms with E-state index in [-0.39, 0.29) is 72.3 Å². The molecule has 3 N–H and O–H groups in total. The van der Waals surface area contributed by atoms with Crippen molar-refractivity contribution in [2.24, 2.45) is 161 Å². The number of ether oxygens (including phenoxy) is 6. The summed E-state index contributed by atoms with van der Waals surface area (Å²) in [5.74, 6) is 16.1. The quantitative estimate of drug-likeness (QED) is 0.0251. The van der Waals surface area contributed by atoms with Crippen molar-refractivity contribution in [3.05, 3.63) is 142 Å². The molecule has 16 rings (SSSR count). The maximum absolute atomic E-state index is 13.1. The Hall–Kier alpha value is -6.21. The molecule has 12 nitrogen and oxygen atoms in total. The number of esters is 3. The number of rotatable bonds is 30. The van der Waals surface area contributed by atoms with Crippen LogP contribution in [0.1, 0.15) is 364 Å². The van der Waals surface area contributed by atoms with Gasteiger partial charge in [0.15, 0.2) is 0 Å². The van der Waals surface area contributed by atoms with Gasteiger partial charge in [-0.2, -0.15) is 0 Å². The van der Waals surface area contributed by atoms with E-state index in [1.165, 1.54) is 166 Å². The molecule has 12 heteroatoms. The monoisotopic (exact) mass is 1810 g/mol. The minimum Gasteiger partial charge on any atom is -0.496 e. The first-order chi connectivity index (χ1) is 62.8. The lowest BCUT2D eigenvalue weighted by Gasteiger charge is -2.63. The smallest absolute Gasteiger partial charge is 0.331 e. The van der Waals surface area contributed by atoms with Gasteiger partial charge in [0.2, 0.25) is 0 Å². The highest BCUT2D eigenvalue weighted by atomic mass is 16.6. The van der Waals surface area contributed by atoms with Crippen LogP contribution in [0.5, 0.6) is 17.2 Å². The number of fused-ring (bicyclic) bond motifs is 12. The molecule has 11 fully saturated rings. The van der Waals surface area contributed by atoms with Crippen LogP contribution in [0.4, 0.5) is 0 Å². The zero-order valence-electron chi connectivity index (χ0n) is 86.2. The van der Waals surface area contributed by atoms with Crippen LogP contribution in [0.3, 0.4) is 0 Å². The summed E-state index contributed by atoms with van der Waals surface area (Å²) in [5.41, 5.74) is 11.1. The van der Waals surface area contributed by atoms with Gasteiger partial charge in [-0.25, -0.2) is 14.4 Å². The Labute approximate surface area is 799 Å². The van der Waals surface area contributed by atoms with Gasteiger partial charge in [-0.3, -0.25) is 0 Å². The third-order valence-corrected chi connectivity index (χ3v) is 41.5. The topological polar surface area (TPSA) is 167 Å². The Morgan fingerprint density at radius 1 is 0.439 bits per heavy atom. The molecule has 2 spiro atoms. The summed E-state index contributed by atoms with van der Waals surface area (Å²) in [6.07, 6.45) is 59.6. The molecule has 0 radical (unpaired) electrons. The molecule has 0 aromatic heterocycles. The molecule has 132 heavy (non-hydrogen) atoms. The van der Waals surface area contributed by atoms with Crippen LogP contribution in [-0.4, -0.2) is 72.9 Å². The molecule has 0 bridgehead atoms. The summed E-state index contributed by atoms with van der Waals surface area (Å²) in [6, 6.07) is 16.7. The van der Waals surface area contributed by atoms with Gasteiger partial charge in [-0.05, 0) is 381 Å². The van der Waals surface area contributed by atoms with Gasteiger partial charge in [-0.15, -0.1) is 0 Å². The number of hydrogen-bond acceptors (Lipinski definition) is 12. The largest absolute Gasteiger partial charge is 0.496 e. The third kappa shape index (κ3) is 19.7. The molecule has 11 saturated carbocycles. The lowest BCUT2D eigenvalue weighted by atomic mass is 9.41. The van der Waals surface area contributed by atoms with Crippen molar-refractivity contribution in [3.63, 3.8) is 0 Å². The normalized spacial score (nSPS) is 36.8. The van der Waals surface area contributed by atoms with Crippen LogP contribution in [0.2, 0.25) is 0 Å². The number of allylic oxidation sites excluding steroid dienone is 4. The molecule has 27 atom stereocenters. The maximum atomic E-state index is 13.1. The molecule has 0 heterocycles. The molecule has 0 saturated heterocycles. The third-order valence-electron chi connectivity index (χ3n) is 41.5. The average Bonchev–Trinajstić information content (AvgIpc) is 1.46. The molecule has 3 aromatic rings. The fourth-order valence-electron chi connectivity index (χ4n) is 33.4. The second-order valence-corrected chi connectivity index (χ2v) is 48.8. The molecule has 3 aromatic carbocycles. The van der Waals surface area contributed by atoms with E-state index in [9.17, 15) is 29.7 Å². The van der Waals surface area contributed by atoms with Crippen molar-refractivity contribution in [1.29, 1.82) is 0 Å². The number of carbonyl (C=O) groups is 3. The van der Waals surface area contributed by atoms with E-state index in [1.54, 1.807) is 56.8 Å². The van der Waals surface area contributed by atoms with Crippen LogP contribution in [-0.2, 0) is 48.4 Å². The molecular weight excluding hydrogens is 1630 g/mol. The lowest BCUT2D eigenvalue weighted by molar-refractivity contribution is -0.179. The second kappa shape index (κ2) is 41.4. The Morgan fingerprint density at radius 3 is 1.38 bits per heavy atom. The van der Waals surface area contributed by atoms with Crippen molar-refractivity contribution in [3.8, 4) is 17.2 Å². The first-order valence-electron chi connectivity index (χ1n) is 53.4. The predicted molar refractivity (Wildman–Crippen MR) is 538 cm³/mol. The van der Waals surface area contributed by atoms with Gasteiger partial charge in [0.05, 0.1) is 41.2 Å². The molecule has 730 valence electrons. The van der Waals surface area contributed by atoms with E-state index < -0.39 is 0 Å². The fourth-order valence-corrected chi connectivity index (χ4v) is 33.4. The molecule has 0 aliphatic heterocycles. The van der Waals surface area contributed by atoms with Crippen molar-refractivity contribution in [2.45, 2.75) is 369 Å². The number of aliphatic hydroxyl groups is 3. The standard InChI is InChI=1S/C41H62O4.C40H58O4.C39H58O4/c1-27(2)10-9-11-28(3)31-18-20-39(7)34-16-15-33-37(4,5)35(19-21-40(33)26-41(34,40)23-22-38(31,39)6)45-36(43)17-13-29-12-14-32(44-8)30(24-29)25-42;1-8-29(26(2)3)12-9-27(4)34-15-16-35-33-14-13-31-24-32(19-21-39(31,5)36(33)20-22-40(34,35)6)44-38(42)18-11-28-10-17-37(43-7)30(23-28)25-41;1-25(2)26(3)8-9-27(4)33-14-15-34-32-13-12-30-23-31(18-20-38(30,5)35(32)19-21-39(33,34)6)43-37(41)17-11-28-10-16-36(42-7)29(22-28)24-40/h12-14,17,24,27-28,31,33-35,42H,9-11,15-16,18-23,25-26H2,1-8H3;9-13,17-18,23,26-27,29,32-36,41H,8,14-16,19-22,24-25H2,1-7H3;10-12,16-17,22,25-27,31-35,40H,8-9,13-15,18-21,23-24H2,1-7H3/b17-13+;12-9+,18-11+;17-11+. The number of carbonyl (C=O) groups excluding carboxylic acids is 3. The highest BCUT2D eigenvalue weighted by molar-refractivity contribution is 5.88.